The fraction of sp³-hybridized carbons (Fsp3) is 0.462. The lowest BCUT2D eigenvalue weighted by Crippen LogP contribution is -2.11. The fourth-order valence-corrected chi connectivity index (χ4v) is 3.45. The van der Waals surface area contributed by atoms with Crippen LogP contribution in [0.4, 0.5) is 0 Å². The summed E-state index contributed by atoms with van der Waals surface area (Å²) in [6.07, 6.45) is 1.13. The highest BCUT2D eigenvalue weighted by molar-refractivity contribution is 7.12. The van der Waals surface area contributed by atoms with Crippen molar-refractivity contribution in [1.82, 2.24) is 10.3 Å². The van der Waals surface area contributed by atoms with E-state index in [1.54, 1.807) is 11.3 Å². The van der Waals surface area contributed by atoms with E-state index in [0.717, 1.165) is 25.2 Å². The third-order valence-electron chi connectivity index (χ3n) is 2.71. The molecule has 0 saturated carbocycles. The van der Waals surface area contributed by atoms with Gasteiger partial charge in [-0.25, -0.2) is 4.98 Å². The molecule has 0 spiro atoms. The lowest BCUT2D eigenvalue weighted by molar-refractivity contribution is 0.696. The highest BCUT2D eigenvalue weighted by Gasteiger charge is 2.03. The van der Waals surface area contributed by atoms with Crippen LogP contribution in [0, 0.1) is 13.8 Å². The molecule has 0 aliphatic carbocycles. The Hall–Kier alpha value is -0.710. The molecule has 2 aromatic heterocycles. The summed E-state index contributed by atoms with van der Waals surface area (Å²) >= 11 is 3.69. The minimum absolute atomic E-state index is 0.874. The molecule has 0 aliphatic rings. The molecule has 4 heteroatoms. The lowest BCUT2D eigenvalue weighted by Gasteiger charge is -1.99. The topological polar surface area (TPSA) is 24.9 Å². The molecule has 0 unspecified atom stereocenters. The van der Waals surface area contributed by atoms with Crippen LogP contribution in [0.1, 0.15) is 32.3 Å². The van der Waals surface area contributed by atoms with Crippen LogP contribution in [0.15, 0.2) is 12.1 Å². The van der Waals surface area contributed by atoms with Crippen molar-refractivity contribution in [3.05, 3.63) is 37.5 Å². The first kappa shape index (κ1) is 12.7. The van der Waals surface area contributed by atoms with Crippen LogP contribution in [0.25, 0.3) is 0 Å². The first-order valence-corrected chi connectivity index (χ1v) is 7.53. The standard InChI is InChI=1S/C13H18N2S2/c1-4-11-5-6-12(17-11)7-14-8-13-15-9(2)10(3)16-13/h5-6,14H,4,7-8H2,1-3H3. The molecule has 2 heterocycles. The van der Waals surface area contributed by atoms with E-state index in [0.29, 0.717) is 0 Å². The molecule has 0 atom stereocenters. The van der Waals surface area contributed by atoms with Gasteiger partial charge in [-0.15, -0.1) is 22.7 Å². The summed E-state index contributed by atoms with van der Waals surface area (Å²) in [6.45, 7) is 8.22. The quantitative estimate of drug-likeness (QED) is 0.893. The van der Waals surface area contributed by atoms with Gasteiger partial charge in [0.05, 0.1) is 5.69 Å². The van der Waals surface area contributed by atoms with Crippen molar-refractivity contribution in [3.63, 3.8) is 0 Å². The minimum atomic E-state index is 0.874. The van der Waals surface area contributed by atoms with Gasteiger partial charge in [0.25, 0.3) is 0 Å². The zero-order chi connectivity index (χ0) is 12.3. The van der Waals surface area contributed by atoms with Crippen LogP contribution in [0.5, 0.6) is 0 Å². The fourth-order valence-electron chi connectivity index (χ4n) is 1.61. The molecule has 0 fully saturated rings. The summed E-state index contributed by atoms with van der Waals surface area (Å²) in [6, 6.07) is 4.44. The zero-order valence-electron chi connectivity index (χ0n) is 10.5. The predicted octanol–water partition coefficient (Wildman–Crippen LogP) is 3.67. The molecule has 0 radical (unpaired) electrons. The smallest absolute Gasteiger partial charge is 0.107 e. The van der Waals surface area contributed by atoms with E-state index in [1.807, 2.05) is 11.3 Å². The van der Waals surface area contributed by atoms with Gasteiger partial charge in [-0.2, -0.15) is 0 Å². The largest absolute Gasteiger partial charge is 0.306 e. The van der Waals surface area contributed by atoms with E-state index < -0.39 is 0 Å². The Morgan fingerprint density at radius 2 is 1.88 bits per heavy atom. The van der Waals surface area contributed by atoms with Crippen molar-refractivity contribution in [2.24, 2.45) is 0 Å². The van der Waals surface area contributed by atoms with E-state index in [-0.39, 0.29) is 0 Å². The molecule has 92 valence electrons. The number of aryl methyl sites for hydroxylation is 3. The number of hydrogen-bond donors (Lipinski definition) is 1. The van der Waals surface area contributed by atoms with Gasteiger partial charge in [-0.05, 0) is 32.4 Å². The van der Waals surface area contributed by atoms with Crippen LogP contribution in [-0.2, 0) is 19.5 Å². The summed E-state index contributed by atoms with van der Waals surface area (Å²) in [5.74, 6) is 0. The molecule has 0 amide bonds. The molecule has 2 aromatic rings. The number of nitrogens with zero attached hydrogens (tertiary/aromatic N) is 1. The maximum atomic E-state index is 4.52. The van der Waals surface area contributed by atoms with Gasteiger partial charge in [0.2, 0.25) is 0 Å². The average molecular weight is 266 g/mol. The molecule has 1 N–H and O–H groups in total. The first-order chi connectivity index (χ1) is 8.19. The van der Waals surface area contributed by atoms with Gasteiger partial charge in [0, 0.05) is 27.7 Å². The van der Waals surface area contributed by atoms with Gasteiger partial charge in [-0.1, -0.05) is 6.92 Å². The van der Waals surface area contributed by atoms with Gasteiger partial charge in [-0.3, -0.25) is 0 Å². The summed E-state index contributed by atoms with van der Waals surface area (Å²) < 4.78 is 0. The summed E-state index contributed by atoms with van der Waals surface area (Å²) in [7, 11) is 0. The van der Waals surface area contributed by atoms with E-state index >= 15 is 0 Å². The van der Waals surface area contributed by atoms with E-state index in [1.165, 1.54) is 19.6 Å². The third kappa shape index (κ3) is 3.37. The Kier molecular flexibility index (Phi) is 4.31. The summed E-state index contributed by atoms with van der Waals surface area (Å²) in [4.78, 5) is 8.72. The normalized spacial score (nSPS) is 11.0. The van der Waals surface area contributed by atoms with Gasteiger partial charge < -0.3 is 5.32 Å². The molecule has 2 nitrogen and oxygen atoms in total. The van der Waals surface area contributed by atoms with E-state index in [9.17, 15) is 0 Å². The maximum Gasteiger partial charge on any atom is 0.107 e. The molecule has 0 saturated heterocycles. The van der Waals surface area contributed by atoms with Crippen LogP contribution >= 0.6 is 22.7 Å². The monoisotopic (exact) mass is 266 g/mol. The van der Waals surface area contributed by atoms with Crippen molar-refractivity contribution in [2.45, 2.75) is 40.3 Å². The molecular formula is C13H18N2S2. The third-order valence-corrected chi connectivity index (χ3v) is 5.02. The van der Waals surface area contributed by atoms with Crippen molar-refractivity contribution in [3.8, 4) is 0 Å². The SMILES string of the molecule is CCc1ccc(CNCc2nc(C)c(C)s2)s1. The molecule has 0 aliphatic heterocycles. The van der Waals surface area contributed by atoms with Crippen LogP contribution < -0.4 is 5.32 Å². The summed E-state index contributed by atoms with van der Waals surface area (Å²) in [5.41, 5.74) is 1.16. The van der Waals surface area contributed by atoms with Crippen LogP contribution in [-0.4, -0.2) is 4.98 Å². The van der Waals surface area contributed by atoms with Crippen molar-refractivity contribution in [1.29, 1.82) is 0 Å². The first-order valence-electron chi connectivity index (χ1n) is 5.90. The Balaban J connectivity index is 1.83. The van der Waals surface area contributed by atoms with Crippen molar-refractivity contribution >= 4 is 22.7 Å². The zero-order valence-corrected chi connectivity index (χ0v) is 12.2. The second-order valence-electron chi connectivity index (χ2n) is 4.07. The maximum absolute atomic E-state index is 4.52. The van der Waals surface area contributed by atoms with Gasteiger partial charge in [0.1, 0.15) is 5.01 Å². The second-order valence-corrected chi connectivity index (χ2v) is 6.61. The lowest BCUT2D eigenvalue weighted by atomic mass is 10.3. The van der Waals surface area contributed by atoms with Gasteiger partial charge >= 0.3 is 0 Å². The number of thiazole rings is 1. The highest BCUT2D eigenvalue weighted by atomic mass is 32.1. The average Bonchev–Trinajstić information content (AvgIpc) is 2.87. The van der Waals surface area contributed by atoms with Crippen molar-refractivity contribution in [2.75, 3.05) is 0 Å². The number of hydrogen-bond acceptors (Lipinski definition) is 4. The molecule has 17 heavy (non-hydrogen) atoms. The number of thiophene rings is 1. The Morgan fingerprint density at radius 3 is 2.47 bits per heavy atom. The van der Waals surface area contributed by atoms with E-state index in [2.05, 4.69) is 43.2 Å². The minimum Gasteiger partial charge on any atom is -0.306 e. The highest BCUT2D eigenvalue weighted by Crippen LogP contribution is 2.18. The second kappa shape index (κ2) is 5.76. The molecular weight excluding hydrogens is 248 g/mol. The molecule has 2 rings (SSSR count). The Morgan fingerprint density at radius 1 is 1.12 bits per heavy atom. The van der Waals surface area contributed by atoms with Crippen LogP contribution in [0.3, 0.4) is 0 Å². The molecule has 0 aromatic carbocycles. The summed E-state index contributed by atoms with van der Waals surface area (Å²) in [5, 5.41) is 4.64. The van der Waals surface area contributed by atoms with Crippen molar-refractivity contribution < 1.29 is 0 Å². The molecule has 0 bridgehead atoms. The van der Waals surface area contributed by atoms with E-state index in [4.69, 9.17) is 0 Å². The number of nitrogens with one attached hydrogen (secondary N) is 1. The van der Waals surface area contributed by atoms with Crippen LogP contribution in [0.2, 0.25) is 0 Å². The Labute approximate surface area is 111 Å². The predicted molar refractivity (Wildman–Crippen MR) is 75.8 cm³/mol. The number of aromatic nitrogens is 1. The number of rotatable bonds is 5. The van der Waals surface area contributed by atoms with Gasteiger partial charge in [0.15, 0.2) is 0 Å². The Bertz CT molecular complexity index is 466.